The molecule has 0 amide bonds. The minimum atomic E-state index is 0.498. The fraction of sp³-hybridized carbons (Fsp3) is 0.176. The molecule has 0 aliphatic rings. The fourth-order valence-electron chi connectivity index (χ4n) is 2.26. The Morgan fingerprint density at radius 2 is 1.90 bits per heavy atom. The molecule has 2 aromatic heterocycles. The van der Waals surface area contributed by atoms with Crippen molar-refractivity contribution in [1.82, 2.24) is 9.97 Å². The van der Waals surface area contributed by atoms with Crippen LogP contribution in [0.15, 0.2) is 53.4 Å². The maximum Gasteiger partial charge on any atom is 0.122 e. The lowest BCUT2D eigenvalue weighted by molar-refractivity contribution is 0.307. The van der Waals surface area contributed by atoms with Crippen molar-refractivity contribution in [2.24, 2.45) is 0 Å². The number of rotatable bonds is 4. The van der Waals surface area contributed by atoms with Crippen molar-refractivity contribution in [3.8, 4) is 5.75 Å². The summed E-state index contributed by atoms with van der Waals surface area (Å²) in [7, 11) is 0. The molecule has 106 valence electrons. The van der Waals surface area contributed by atoms with Crippen LogP contribution in [0, 0.1) is 0 Å². The molecule has 3 rings (SSSR count). The Morgan fingerprint density at radius 1 is 1.10 bits per heavy atom. The van der Waals surface area contributed by atoms with Crippen molar-refractivity contribution in [2.75, 3.05) is 0 Å². The van der Waals surface area contributed by atoms with Gasteiger partial charge in [0.1, 0.15) is 17.0 Å². The van der Waals surface area contributed by atoms with Gasteiger partial charge in [-0.05, 0) is 52.2 Å². The Kier molecular flexibility index (Phi) is 4.15. The number of benzene rings is 1. The molecule has 0 aliphatic heterocycles. The predicted octanol–water partition coefficient (Wildman–Crippen LogP) is 4.53. The molecule has 0 saturated carbocycles. The highest BCUT2D eigenvalue weighted by atomic mass is 79.9. The molecule has 0 atom stereocenters. The van der Waals surface area contributed by atoms with Gasteiger partial charge in [-0.2, -0.15) is 0 Å². The van der Waals surface area contributed by atoms with Crippen LogP contribution in [0.4, 0.5) is 0 Å². The number of halogens is 1. The first-order valence-corrected chi connectivity index (χ1v) is 7.66. The van der Waals surface area contributed by atoms with E-state index < -0.39 is 0 Å². The minimum absolute atomic E-state index is 0.498. The van der Waals surface area contributed by atoms with E-state index in [1.807, 2.05) is 18.2 Å². The summed E-state index contributed by atoms with van der Waals surface area (Å²) in [5.74, 6) is 0.815. The first-order chi connectivity index (χ1) is 10.3. The summed E-state index contributed by atoms with van der Waals surface area (Å²) in [4.78, 5) is 8.58. The normalized spacial score (nSPS) is 10.8. The summed E-state index contributed by atoms with van der Waals surface area (Å²) in [6.45, 7) is 2.65. The van der Waals surface area contributed by atoms with E-state index in [-0.39, 0.29) is 0 Å². The number of aryl methyl sites for hydroxylation is 1. The standard InChI is InChI=1S/C17H15BrN2O/c1-2-12-9-13-3-4-16(18)20-17(13)14(10-12)11-21-15-5-7-19-8-6-15/h3-10H,2,11H2,1H3. The molecule has 3 aromatic rings. The van der Waals surface area contributed by atoms with Crippen LogP contribution in [0.25, 0.3) is 10.9 Å². The first kappa shape index (κ1) is 14.0. The smallest absolute Gasteiger partial charge is 0.122 e. The van der Waals surface area contributed by atoms with E-state index in [1.165, 1.54) is 5.56 Å². The zero-order valence-electron chi connectivity index (χ0n) is 11.7. The third-order valence-corrected chi connectivity index (χ3v) is 3.79. The zero-order chi connectivity index (χ0) is 14.7. The first-order valence-electron chi connectivity index (χ1n) is 6.87. The Hall–Kier alpha value is -1.94. The molecular weight excluding hydrogens is 328 g/mol. The highest BCUT2D eigenvalue weighted by Crippen LogP contribution is 2.23. The molecule has 21 heavy (non-hydrogen) atoms. The van der Waals surface area contributed by atoms with Crippen LogP contribution in [0.1, 0.15) is 18.1 Å². The van der Waals surface area contributed by atoms with Crippen molar-refractivity contribution >= 4 is 26.8 Å². The highest BCUT2D eigenvalue weighted by Gasteiger charge is 2.07. The van der Waals surface area contributed by atoms with Gasteiger partial charge in [-0.1, -0.05) is 19.1 Å². The largest absolute Gasteiger partial charge is 0.489 e. The van der Waals surface area contributed by atoms with Crippen molar-refractivity contribution in [1.29, 1.82) is 0 Å². The summed E-state index contributed by atoms with van der Waals surface area (Å²) in [6.07, 6.45) is 4.45. The van der Waals surface area contributed by atoms with Crippen LogP contribution in [0.3, 0.4) is 0 Å². The van der Waals surface area contributed by atoms with Crippen LogP contribution >= 0.6 is 15.9 Å². The van der Waals surface area contributed by atoms with Crippen LogP contribution in [-0.4, -0.2) is 9.97 Å². The van der Waals surface area contributed by atoms with E-state index in [0.717, 1.165) is 33.2 Å². The van der Waals surface area contributed by atoms with E-state index in [9.17, 15) is 0 Å². The van der Waals surface area contributed by atoms with Gasteiger partial charge < -0.3 is 4.74 Å². The Balaban J connectivity index is 1.97. The van der Waals surface area contributed by atoms with Crippen LogP contribution in [0.2, 0.25) is 0 Å². The van der Waals surface area contributed by atoms with Gasteiger partial charge in [-0.15, -0.1) is 0 Å². The molecule has 3 nitrogen and oxygen atoms in total. The van der Waals surface area contributed by atoms with Gasteiger partial charge in [0.25, 0.3) is 0 Å². The Bertz CT molecular complexity index is 759. The summed E-state index contributed by atoms with van der Waals surface area (Å²) in [5.41, 5.74) is 3.37. The quantitative estimate of drug-likeness (QED) is 0.653. The Morgan fingerprint density at radius 3 is 2.67 bits per heavy atom. The molecule has 0 saturated heterocycles. The average molecular weight is 343 g/mol. The monoisotopic (exact) mass is 342 g/mol. The molecule has 0 radical (unpaired) electrons. The lowest BCUT2D eigenvalue weighted by atomic mass is 10.0. The number of ether oxygens (including phenoxy) is 1. The maximum absolute atomic E-state index is 5.84. The SMILES string of the molecule is CCc1cc(COc2ccncc2)c2nc(Br)ccc2c1. The van der Waals surface area contributed by atoms with Crippen molar-refractivity contribution in [2.45, 2.75) is 20.0 Å². The van der Waals surface area contributed by atoms with Gasteiger partial charge in [-0.3, -0.25) is 4.98 Å². The molecule has 4 heteroatoms. The van der Waals surface area contributed by atoms with E-state index in [1.54, 1.807) is 12.4 Å². The second-order valence-corrected chi connectivity index (χ2v) is 5.60. The third-order valence-electron chi connectivity index (χ3n) is 3.35. The van der Waals surface area contributed by atoms with Gasteiger partial charge in [0, 0.05) is 23.3 Å². The molecule has 0 unspecified atom stereocenters. The number of fused-ring (bicyclic) bond motifs is 1. The number of pyridine rings is 2. The van der Waals surface area contributed by atoms with Gasteiger partial charge in [-0.25, -0.2) is 4.98 Å². The van der Waals surface area contributed by atoms with Gasteiger partial charge in [0.15, 0.2) is 0 Å². The van der Waals surface area contributed by atoms with Gasteiger partial charge >= 0.3 is 0 Å². The molecule has 1 aromatic carbocycles. The second kappa shape index (κ2) is 6.22. The fourth-order valence-corrected chi connectivity index (χ4v) is 2.57. The van der Waals surface area contributed by atoms with E-state index in [2.05, 4.69) is 51.0 Å². The van der Waals surface area contributed by atoms with E-state index >= 15 is 0 Å². The van der Waals surface area contributed by atoms with Crippen LogP contribution in [-0.2, 0) is 13.0 Å². The van der Waals surface area contributed by atoms with E-state index in [0.29, 0.717) is 6.61 Å². The number of nitrogens with zero attached hydrogens (tertiary/aromatic N) is 2. The topological polar surface area (TPSA) is 35.0 Å². The van der Waals surface area contributed by atoms with Gasteiger partial charge in [0.05, 0.1) is 5.52 Å². The average Bonchev–Trinajstić information content (AvgIpc) is 2.53. The molecule has 0 aliphatic carbocycles. The lowest BCUT2D eigenvalue weighted by Gasteiger charge is -2.11. The maximum atomic E-state index is 5.84. The predicted molar refractivity (Wildman–Crippen MR) is 87.4 cm³/mol. The van der Waals surface area contributed by atoms with Crippen LogP contribution < -0.4 is 4.74 Å². The Labute approximate surface area is 132 Å². The highest BCUT2D eigenvalue weighted by molar-refractivity contribution is 9.10. The zero-order valence-corrected chi connectivity index (χ0v) is 13.3. The van der Waals surface area contributed by atoms with Crippen molar-refractivity contribution in [3.05, 3.63) is 64.5 Å². The number of hydrogen-bond acceptors (Lipinski definition) is 3. The third kappa shape index (κ3) is 3.22. The summed E-state index contributed by atoms with van der Waals surface area (Å²) in [5, 5.41) is 1.14. The molecule has 0 spiro atoms. The number of aromatic nitrogens is 2. The molecule has 0 fully saturated rings. The minimum Gasteiger partial charge on any atom is -0.489 e. The van der Waals surface area contributed by atoms with E-state index in [4.69, 9.17) is 4.74 Å². The number of hydrogen-bond donors (Lipinski definition) is 0. The molecule has 0 bridgehead atoms. The summed E-state index contributed by atoms with van der Waals surface area (Å²) >= 11 is 3.44. The van der Waals surface area contributed by atoms with Crippen molar-refractivity contribution < 1.29 is 4.74 Å². The molecular formula is C17H15BrN2O. The summed E-state index contributed by atoms with van der Waals surface area (Å²) < 4.78 is 6.68. The van der Waals surface area contributed by atoms with Crippen molar-refractivity contribution in [3.63, 3.8) is 0 Å². The lowest BCUT2D eigenvalue weighted by Crippen LogP contribution is -1.99. The van der Waals surface area contributed by atoms with Crippen LogP contribution in [0.5, 0.6) is 5.75 Å². The van der Waals surface area contributed by atoms with Gasteiger partial charge in [0.2, 0.25) is 0 Å². The second-order valence-electron chi connectivity index (χ2n) is 4.79. The molecule has 0 N–H and O–H groups in total. The molecule has 2 heterocycles. The summed E-state index contributed by atoms with van der Waals surface area (Å²) in [6, 6.07) is 12.1.